The average Bonchev–Trinajstić information content (AvgIpc) is 2.97. The van der Waals surface area contributed by atoms with Crippen LogP contribution in [-0.4, -0.2) is 66.8 Å². The van der Waals surface area contributed by atoms with Crippen LogP contribution in [0.3, 0.4) is 0 Å². The standard InChI is InChI=1S/C27H33N3O5/c31-25(32)17-24(26(33)28-13-16-30-14-7-1-2-8-15-30)29-27(34)35-18-23-21-11-5-3-9-19(21)20-10-4-6-12-22(20)23/h3-6,9-12,23-24H,1-2,7-8,13-18H2,(H,28,33)(H,29,34)(H,31,32). The van der Waals surface area contributed by atoms with Crippen LogP contribution in [0.25, 0.3) is 11.1 Å². The molecule has 186 valence electrons. The Kier molecular flexibility index (Phi) is 8.36. The molecule has 0 radical (unpaired) electrons. The van der Waals surface area contributed by atoms with Crippen LogP contribution in [0.5, 0.6) is 0 Å². The van der Waals surface area contributed by atoms with E-state index in [0.717, 1.165) is 48.2 Å². The highest BCUT2D eigenvalue weighted by atomic mass is 16.5. The van der Waals surface area contributed by atoms with Crippen molar-refractivity contribution in [1.29, 1.82) is 0 Å². The Morgan fingerprint density at radius 3 is 2.14 bits per heavy atom. The van der Waals surface area contributed by atoms with Crippen molar-refractivity contribution in [3.8, 4) is 11.1 Å². The summed E-state index contributed by atoms with van der Waals surface area (Å²) in [6, 6.07) is 14.8. The van der Waals surface area contributed by atoms with Gasteiger partial charge < -0.3 is 25.4 Å². The number of carbonyl (C=O) groups excluding carboxylic acids is 2. The molecule has 0 bridgehead atoms. The highest BCUT2D eigenvalue weighted by Gasteiger charge is 2.30. The first-order valence-electron chi connectivity index (χ1n) is 12.4. The molecule has 2 aromatic carbocycles. The maximum atomic E-state index is 12.6. The number of rotatable bonds is 9. The number of carboxylic acid groups (broad SMARTS) is 1. The van der Waals surface area contributed by atoms with Crippen molar-refractivity contribution in [2.45, 2.75) is 44.1 Å². The topological polar surface area (TPSA) is 108 Å². The Labute approximate surface area is 205 Å². The van der Waals surface area contributed by atoms with Gasteiger partial charge in [0.15, 0.2) is 0 Å². The number of nitrogens with one attached hydrogen (secondary N) is 2. The summed E-state index contributed by atoms with van der Waals surface area (Å²) in [5.74, 6) is -1.80. The monoisotopic (exact) mass is 479 g/mol. The predicted molar refractivity (Wildman–Crippen MR) is 132 cm³/mol. The molecule has 2 aliphatic rings. The Morgan fingerprint density at radius 1 is 0.943 bits per heavy atom. The summed E-state index contributed by atoms with van der Waals surface area (Å²) in [6.45, 7) is 3.22. The molecule has 3 N–H and O–H groups in total. The first-order valence-corrected chi connectivity index (χ1v) is 12.4. The molecule has 8 nitrogen and oxygen atoms in total. The molecule has 35 heavy (non-hydrogen) atoms. The Bertz CT molecular complexity index is 1000. The largest absolute Gasteiger partial charge is 0.481 e. The molecular weight excluding hydrogens is 446 g/mol. The lowest BCUT2D eigenvalue weighted by molar-refractivity contribution is -0.139. The van der Waals surface area contributed by atoms with E-state index < -0.39 is 30.4 Å². The maximum absolute atomic E-state index is 12.6. The van der Waals surface area contributed by atoms with Crippen molar-refractivity contribution in [1.82, 2.24) is 15.5 Å². The van der Waals surface area contributed by atoms with E-state index >= 15 is 0 Å². The number of likely N-dealkylation sites (tertiary alicyclic amines) is 1. The molecule has 2 aromatic rings. The SMILES string of the molecule is O=C(O)CC(NC(=O)OCC1c2ccccc2-c2ccccc21)C(=O)NCCN1CCCCCC1. The lowest BCUT2D eigenvalue weighted by Crippen LogP contribution is -2.49. The van der Waals surface area contributed by atoms with Crippen LogP contribution in [0, 0.1) is 0 Å². The van der Waals surface area contributed by atoms with Crippen molar-refractivity contribution < 1.29 is 24.2 Å². The minimum atomic E-state index is -1.20. The number of alkyl carbamates (subject to hydrolysis) is 1. The summed E-state index contributed by atoms with van der Waals surface area (Å²) in [4.78, 5) is 38.8. The van der Waals surface area contributed by atoms with Crippen LogP contribution >= 0.6 is 0 Å². The summed E-state index contributed by atoms with van der Waals surface area (Å²) in [5, 5.41) is 14.5. The zero-order valence-corrected chi connectivity index (χ0v) is 19.9. The number of ether oxygens (including phenoxy) is 1. The third-order valence-electron chi connectivity index (χ3n) is 6.76. The number of nitrogens with zero attached hydrogens (tertiary/aromatic N) is 1. The van der Waals surface area contributed by atoms with Crippen molar-refractivity contribution >= 4 is 18.0 Å². The molecule has 2 amide bonds. The van der Waals surface area contributed by atoms with Crippen LogP contribution in [0.15, 0.2) is 48.5 Å². The normalized spacial score (nSPS) is 16.5. The first kappa shape index (κ1) is 24.7. The lowest BCUT2D eigenvalue weighted by Gasteiger charge is -2.21. The van der Waals surface area contributed by atoms with Gasteiger partial charge >= 0.3 is 12.1 Å². The fraction of sp³-hybridized carbons (Fsp3) is 0.444. The third kappa shape index (κ3) is 6.39. The molecule has 1 fully saturated rings. The molecule has 8 heteroatoms. The van der Waals surface area contributed by atoms with E-state index in [1.165, 1.54) is 12.8 Å². The first-order chi connectivity index (χ1) is 17.0. The van der Waals surface area contributed by atoms with Crippen LogP contribution in [0.1, 0.15) is 49.1 Å². The van der Waals surface area contributed by atoms with Gasteiger partial charge in [-0.3, -0.25) is 9.59 Å². The second kappa shape index (κ2) is 11.8. The zero-order valence-electron chi connectivity index (χ0n) is 19.9. The van der Waals surface area contributed by atoms with Gasteiger partial charge in [-0.15, -0.1) is 0 Å². The summed E-state index contributed by atoms with van der Waals surface area (Å²) < 4.78 is 5.48. The van der Waals surface area contributed by atoms with Gasteiger partial charge in [-0.05, 0) is 48.2 Å². The number of carbonyl (C=O) groups is 3. The molecule has 0 spiro atoms. The summed E-state index contributed by atoms with van der Waals surface area (Å²) in [7, 11) is 0. The van der Waals surface area contributed by atoms with E-state index in [1.807, 2.05) is 48.5 Å². The van der Waals surface area contributed by atoms with Crippen LogP contribution < -0.4 is 10.6 Å². The summed E-state index contributed by atoms with van der Waals surface area (Å²) in [5.41, 5.74) is 4.39. The summed E-state index contributed by atoms with van der Waals surface area (Å²) in [6.07, 6.45) is 3.44. The van der Waals surface area contributed by atoms with E-state index in [1.54, 1.807) is 0 Å². The van der Waals surface area contributed by atoms with E-state index in [0.29, 0.717) is 13.1 Å². The van der Waals surface area contributed by atoms with Gasteiger partial charge in [-0.1, -0.05) is 61.4 Å². The number of amides is 2. The number of aliphatic carboxylic acids is 1. The minimum absolute atomic E-state index is 0.0935. The minimum Gasteiger partial charge on any atom is -0.481 e. The number of carboxylic acids is 1. The molecular formula is C27H33N3O5. The molecule has 1 saturated heterocycles. The molecule has 0 saturated carbocycles. The lowest BCUT2D eigenvalue weighted by atomic mass is 9.98. The Hall–Kier alpha value is -3.39. The van der Waals surface area contributed by atoms with E-state index in [-0.39, 0.29) is 12.5 Å². The summed E-state index contributed by atoms with van der Waals surface area (Å²) >= 11 is 0. The fourth-order valence-corrected chi connectivity index (χ4v) is 4.99. The van der Waals surface area contributed by atoms with E-state index in [9.17, 15) is 19.5 Å². The highest BCUT2D eigenvalue weighted by Crippen LogP contribution is 2.44. The van der Waals surface area contributed by atoms with Gasteiger partial charge in [0.2, 0.25) is 5.91 Å². The number of hydrogen-bond donors (Lipinski definition) is 3. The van der Waals surface area contributed by atoms with Gasteiger partial charge in [-0.2, -0.15) is 0 Å². The molecule has 4 rings (SSSR count). The fourth-order valence-electron chi connectivity index (χ4n) is 4.99. The predicted octanol–water partition coefficient (Wildman–Crippen LogP) is 3.36. The molecule has 1 aliphatic heterocycles. The van der Waals surface area contributed by atoms with Crippen molar-refractivity contribution in [2.24, 2.45) is 0 Å². The number of hydrogen-bond acceptors (Lipinski definition) is 5. The molecule has 1 aliphatic carbocycles. The molecule has 1 unspecified atom stereocenters. The van der Waals surface area contributed by atoms with Crippen LogP contribution in [0.4, 0.5) is 4.79 Å². The second-order valence-electron chi connectivity index (χ2n) is 9.17. The second-order valence-corrected chi connectivity index (χ2v) is 9.17. The van der Waals surface area contributed by atoms with Gasteiger partial charge in [-0.25, -0.2) is 4.79 Å². The van der Waals surface area contributed by atoms with Crippen LogP contribution in [0.2, 0.25) is 0 Å². The van der Waals surface area contributed by atoms with Gasteiger partial charge in [0, 0.05) is 19.0 Å². The molecule has 0 aromatic heterocycles. The van der Waals surface area contributed by atoms with Crippen molar-refractivity contribution in [2.75, 3.05) is 32.8 Å². The number of benzene rings is 2. The van der Waals surface area contributed by atoms with Crippen LogP contribution in [-0.2, 0) is 14.3 Å². The smallest absolute Gasteiger partial charge is 0.407 e. The average molecular weight is 480 g/mol. The zero-order chi connectivity index (χ0) is 24.6. The van der Waals surface area contributed by atoms with Gasteiger partial charge in [0.25, 0.3) is 0 Å². The quantitative estimate of drug-likeness (QED) is 0.509. The number of fused-ring (bicyclic) bond motifs is 3. The van der Waals surface area contributed by atoms with Gasteiger partial charge in [0.05, 0.1) is 6.42 Å². The Balaban J connectivity index is 1.31. The highest BCUT2D eigenvalue weighted by molar-refractivity contribution is 5.89. The Morgan fingerprint density at radius 2 is 1.54 bits per heavy atom. The molecule has 1 atom stereocenters. The van der Waals surface area contributed by atoms with Crippen molar-refractivity contribution in [3.05, 3.63) is 59.7 Å². The molecule has 1 heterocycles. The maximum Gasteiger partial charge on any atom is 0.407 e. The third-order valence-corrected chi connectivity index (χ3v) is 6.76. The van der Waals surface area contributed by atoms with E-state index in [2.05, 4.69) is 15.5 Å². The van der Waals surface area contributed by atoms with Crippen molar-refractivity contribution in [3.63, 3.8) is 0 Å². The van der Waals surface area contributed by atoms with E-state index in [4.69, 9.17) is 4.74 Å². The van der Waals surface area contributed by atoms with Gasteiger partial charge in [0.1, 0.15) is 12.6 Å².